The Balaban J connectivity index is 1.39. The van der Waals surface area contributed by atoms with Crippen molar-refractivity contribution in [2.75, 3.05) is 31.1 Å². The fraction of sp³-hybridized carbons (Fsp3) is 0.227. The number of hydrogen-bond donors (Lipinski definition) is 0. The van der Waals surface area contributed by atoms with Crippen LogP contribution < -0.4 is 4.90 Å². The highest BCUT2D eigenvalue weighted by Crippen LogP contribution is 2.22. The van der Waals surface area contributed by atoms with E-state index in [2.05, 4.69) is 14.9 Å². The summed E-state index contributed by atoms with van der Waals surface area (Å²) in [5, 5.41) is 0.643. The normalized spacial score (nSPS) is 14.2. The van der Waals surface area contributed by atoms with Gasteiger partial charge in [-0.1, -0.05) is 60.1 Å². The predicted octanol–water partition coefficient (Wildman–Crippen LogP) is 3.69. The number of carbonyl (C=O) groups is 1. The maximum Gasteiger partial charge on any atom is 0.227 e. The Morgan fingerprint density at radius 1 is 0.929 bits per heavy atom. The minimum absolute atomic E-state index is 0.111. The van der Waals surface area contributed by atoms with Gasteiger partial charge in [0, 0.05) is 42.8 Å². The lowest BCUT2D eigenvalue weighted by Gasteiger charge is -2.35. The monoisotopic (exact) mass is 392 g/mol. The molecule has 2 aromatic carbocycles. The van der Waals surface area contributed by atoms with Crippen molar-refractivity contribution in [3.05, 3.63) is 77.6 Å². The molecule has 1 aliphatic rings. The van der Waals surface area contributed by atoms with Gasteiger partial charge >= 0.3 is 0 Å². The molecule has 142 valence electrons. The highest BCUT2D eigenvalue weighted by atomic mass is 35.5. The molecule has 1 aromatic heterocycles. The van der Waals surface area contributed by atoms with E-state index >= 15 is 0 Å². The van der Waals surface area contributed by atoms with E-state index in [0.717, 1.165) is 35.7 Å². The molecule has 1 fully saturated rings. The van der Waals surface area contributed by atoms with Crippen molar-refractivity contribution < 1.29 is 4.79 Å². The number of benzene rings is 2. The van der Waals surface area contributed by atoms with E-state index in [1.165, 1.54) is 0 Å². The van der Waals surface area contributed by atoms with E-state index in [-0.39, 0.29) is 5.91 Å². The van der Waals surface area contributed by atoms with Crippen molar-refractivity contribution in [1.82, 2.24) is 14.9 Å². The Hall–Kier alpha value is -2.92. The van der Waals surface area contributed by atoms with Gasteiger partial charge < -0.3 is 9.80 Å². The highest BCUT2D eigenvalue weighted by Gasteiger charge is 2.22. The molecule has 28 heavy (non-hydrogen) atoms. The fourth-order valence-corrected chi connectivity index (χ4v) is 3.59. The summed E-state index contributed by atoms with van der Waals surface area (Å²) in [5.74, 6) is 1.01. The van der Waals surface area contributed by atoms with Crippen LogP contribution in [-0.4, -0.2) is 47.0 Å². The van der Waals surface area contributed by atoms with Gasteiger partial charge in [0.25, 0.3) is 0 Å². The number of halogens is 1. The number of rotatable bonds is 4. The molecule has 5 nitrogen and oxygen atoms in total. The van der Waals surface area contributed by atoms with Gasteiger partial charge in [-0.25, -0.2) is 9.97 Å². The Morgan fingerprint density at radius 3 is 2.39 bits per heavy atom. The van der Waals surface area contributed by atoms with Crippen LogP contribution in [0.4, 0.5) is 5.82 Å². The number of carbonyl (C=O) groups excluding carboxylic acids is 1. The second kappa shape index (κ2) is 8.40. The largest absolute Gasteiger partial charge is 0.353 e. The van der Waals surface area contributed by atoms with Crippen LogP contribution >= 0.6 is 11.6 Å². The van der Waals surface area contributed by atoms with Crippen LogP contribution in [0, 0.1) is 0 Å². The summed E-state index contributed by atoms with van der Waals surface area (Å²) in [6.45, 7) is 2.85. The molecular weight excluding hydrogens is 372 g/mol. The highest BCUT2D eigenvalue weighted by molar-refractivity contribution is 6.31. The summed E-state index contributed by atoms with van der Waals surface area (Å²) >= 11 is 6.18. The van der Waals surface area contributed by atoms with Crippen LogP contribution in [-0.2, 0) is 11.2 Å². The van der Waals surface area contributed by atoms with E-state index in [4.69, 9.17) is 11.6 Å². The van der Waals surface area contributed by atoms with Gasteiger partial charge in [-0.2, -0.15) is 0 Å². The molecule has 3 aromatic rings. The van der Waals surface area contributed by atoms with E-state index in [1.807, 2.05) is 65.6 Å². The number of aromatic nitrogens is 2. The van der Waals surface area contributed by atoms with E-state index in [1.54, 1.807) is 6.33 Å². The predicted molar refractivity (Wildman–Crippen MR) is 111 cm³/mol. The number of amides is 1. The third kappa shape index (κ3) is 4.15. The zero-order valence-electron chi connectivity index (χ0n) is 15.5. The van der Waals surface area contributed by atoms with Crippen LogP contribution in [0.15, 0.2) is 67.0 Å². The maximum absolute atomic E-state index is 12.6. The first-order chi connectivity index (χ1) is 13.7. The molecule has 0 bridgehead atoms. The Morgan fingerprint density at radius 2 is 1.64 bits per heavy atom. The van der Waals surface area contributed by atoms with Crippen LogP contribution in [0.5, 0.6) is 0 Å². The van der Waals surface area contributed by atoms with Gasteiger partial charge in [0.1, 0.15) is 12.1 Å². The SMILES string of the molecule is O=C(Cc1ccccc1Cl)N1CCN(c2cc(-c3ccccc3)ncn2)CC1. The Kier molecular flexibility index (Phi) is 5.53. The first-order valence-corrected chi connectivity index (χ1v) is 9.72. The smallest absolute Gasteiger partial charge is 0.227 e. The third-order valence-electron chi connectivity index (χ3n) is 4.98. The lowest BCUT2D eigenvalue weighted by Crippen LogP contribution is -2.49. The first-order valence-electron chi connectivity index (χ1n) is 9.34. The number of anilines is 1. The lowest BCUT2D eigenvalue weighted by atomic mass is 10.1. The summed E-state index contributed by atoms with van der Waals surface area (Å²) in [4.78, 5) is 25.5. The van der Waals surface area contributed by atoms with Gasteiger partial charge in [0.15, 0.2) is 0 Å². The number of piperazine rings is 1. The van der Waals surface area contributed by atoms with Gasteiger partial charge in [0.2, 0.25) is 5.91 Å². The Labute approximate surface area is 169 Å². The van der Waals surface area contributed by atoms with Gasteiger partial charge in [-0.15, -0.1) is 0 Å². The average molecular weight is 393 g/mol. The molecule has 1 amide bonds. The van der Waals surface area contributed by atoms with Crippen LogP contribution in [0.3, 0.4) is 0 Å². The summed E-state index contributed by atoms with van der Waals surface area (Å²) in [6, 6.07) is 19.6. The zero-order valence-corrected chi connectivity index (χ0v) is 16.2. The second-order valence-corrected chi connectivity index (χ2v) is 7.17. The molecule has 0 spiro atoms. The number of hydrogen-bond acceptors (Lipinski definition) is 4. The molecule has 0 aliphatic carbocycles. The minimum atomic E-state index is 0.111. The van der Waals surface area contributed by atoms with Gasteiger partial charge in [0.05, 0.1) is 12.1 Å². The van der Waals surface area contributed by atoms with Crippen molar-refractivity contribution in [3.8, 4) is 11.3 Å². The molecule has 0 unspecified atom stereocenters. The van der Waals surface area contributed by atoms with Crippen LogP contribution in [0.2, 0.25) is 5.02 Å². The maximum atomic E-state index is 12.6. The molecule has 1 aliphatic heterocycles. The molecule has 0 radical (unpaired) electrons. The standard InChI is InChI=1S/C22H21ClN4O/c23-19-9-5-4-8-18(19)14-22(28)27-12-10-26(11-13-27)21-15-20(24-16-25-21)17-6-2-1-3-7-17/h1-9,15-16H,10-14H2. The summed E-state index contributed by atoms with van der Waals surface area (Å²) in [5.41, 5.74) is 2.85. The summed E-state index contributed by atoms with van der Waals surface area (Å²) < 4.78 is 0. The zero-order chi connectivity index (χ0) is 19.3. The number of nitrogens with zero attached hydrogens (tertiary/aromatic N) is 4. The average Bonchev–Trinajstić information content (AvgIpc) is 2.76. The van der Waals surface area contributed by atoms with Crippen molar-refractivity contribution in [2.45, 2.75) is 6.42 Å². The quantitative estimate of drug-likeness (QED) is 0.679. The van der Waals surface area contributed by atoms with E-state index in [9.17, 15) is 4.79 Å². The summed E-state index contributed by atoms with van der Waals surface area (Å²) in [6.07, 6.45) is 1.94. The van der Waals surface area contributed by atoms with E-state index in [0.29, 0.717) is 24.5 Å². The molecule has 0 N–H and O–H groups in total. The fourth-order valence-electron chi connectivity index (χ4n) is 3.39. The van der Waals surface area contributed by atoms with Crippen molar-refractivity contribution in [2.24, 2.45) is 0 Å². The van der Waals surface area contributed by atoms with Crippen LogP contribution in [0.25, 0.3) is 11.3 Å². The molecule has 0 saturated carbocycles. The van der Waals surface area contributed by atoms with Crippen molar-refractivity contribution in [1.29, 1.82) is 0 Å². The van der Waals surface area contributed by atoms with Gasteiger partial charge in [-0.05, 0) is 11.6 Å². The van der Waals surface area contributed by atoms with Gasteiger partial charge in [-0.3, -0.25) is 4.79 Å². The molecule has 2 heterocycles. The van der Waals surface area contributed by atoms with Crippen molar-refractivity contribution in [3.63, 3.8) is 0 Å². The lowest BCUT2D eigenvalue weighted by molar-refractivity contribution is -0.130. The summed E-state index contributed by atoms with van der Waals surface area (Å²) in [7, 11) is 0. The molecular formula is C22H21ClN4O. The Bertz CT molecular complexity index is 956. The third-order valence-corrected chi connectivity index (χ3v) is 5.35. The topological polar surface area (TPSA) is 49.3 Å². The molecule has 6 heteroatoms. The minimum Gasteiger partial charge on any atom is -0.353 e. The molecule has 4 rings (SSSR count). The second-order valence-electron chi connectivity index (χ2n) is 6.76. The first kappa shape index (κ1) is 18.4. The van der Waals surface area contributed by atoms with Crippen LogP contribution in [0.1, 0.15) is 5.56 Å². The molecule has 1 saturated heterocycles. The van der Waals surface area contributed by atoms with E-state index < -0.39 is 0 Å². The molecule has 0 atom stereocenters. The van der Waals surface area contributed by atoms with Crippen molar-refractivity contribution >= 4 is 23.3 Å².